The number of aromatic amines is 1. The van der Waals surface area contributed by atoms with E-state index < -0.39 is 0 Å². The standard InChI is InChI=1S/C14H21N7O/c15-12-11-13(17-9-16-11)19-14(18-12)21-3-1-10(2-4-21)20-5-7-22-8-6-20/h9-10H,1-8H2,(H3,15,16,17,18,19). The van der Waals surface area contributed by atoms with E-state index in [1.165, 1.54) is 0 Å². The number of nitrogens with zero attached hydrogens (tertiary/aromatic N) is 5. The average Bonchev–Trinajstić information content (AvgIpc) is 3.05. The maximum absolute atomic E-state index is 5.98. The number of fused-ring (bicyclic) bond motifs is 1. The predicted octanol–water partition coefficient (Wildman–Crippen LogP) is 0.236. The fourth-order valence-corrected chi connectivity index (χ4v) is 3.36. The molecule has 22 heavy (non-hydrogen) atoms. The number of H-pyrrole nitrogens is 1. The van der Waals surface area contributed by atoms with E-state index in [0.717, 1.165) is 52.2 Å². The van der Waals surface area contributed by atoms with Crippen molar-refractivity contribution in [3.63, 3.8) is 0 Å². The van der Waals surface area contributed by atoms with Gasteiger partial charge >= 0.3 is 0 Å². The van der Waals surface area contributed by atoms with E-state index in [4.69, 9.17) is 10.5 Å². The van der Waals surface area contributed by atoms with E-state index in [1.807, 2.05) is 0 Å². The van der Waals surface area contributed by atoms with E-state index in [1.54, 1.807) is 6.33 Å². The molecule has 0 aromatic carbocycles. The van der Waals surface area contributed by atoms with Crippen molar-refractivity contribution in [3.8, 4) is 0 Å². The lowest BCUT2D eigenvalue weighted by Crippen LogP contribution is -2.49. The third kappa shape index (κ3) is 2.48. The van der Waals surface area contributed by atoms with Gasteiger partial charge in [-0.2, -0.15) is 9.97 Å². The number of hydrogen-bond acceptors (Lipinski definition) is 7. The van der Waals surface area contributed by atoms with Gasteiger partial charge in [-0.1, -0.05) is 0 Å². The van der Waals surface area contributed by atoms with Gasteiger partial charge in [-0.15, -0.1) is 0 Å². The Labute approximate surface area is 128 Å². The number of morpholine rings is 1. The zero-order valence-electron chi connectivity index (χ0n) is 12.5. The maximum atomic E-state index is 5.98. The molecule has 4 rings (SSSR count). The first-order valence-corrected chi connectivity index (χ1v) is 7.84. The summed E-state index contributed by atoms with van der Waals surface area (Å²) in [5.41, 5.74) is 7.33. The second-order valence-electron chi connectivity index (χ2n) is 5.88. The molecular formula is C14H21N7O. The summed E-state index contributed by atoms with van der Waals surface area (Å²) >= 11 is 0. The Kier molecular flexibility index (Phi) is 3.55. The average molecular weight is 303 g/mol. The maximum Gasteiger partial charge on any atom is 0.229 e. The number of nitrogens with one attached hydrogen (secondary N) is 1. The summed E-state index contributed by atoms with van der Waals surface area (Å²) in [6.07, 6.45) is 3.86. The van der Waals surface area contributed by atoms with Crippen LogP contribution in [-0.2, 0) is 4.74 Å². The largest absolute Gasteiger partial charge is 0.382 e. The minimum Gasteiger partial charge on any atom is -0.382 e. The molecular weight excluding hydrogens is 282 g/mol. The Morgan fingerprint density at radius 1 is 1.14 bits per heavy atom. The third-order valence-electron chi connectivity index (χ3n) is 4.61. The number of imidazole rings is 1. The number of rotatable bonds is 2. The Balaban J connectivity index is 1.45. The van der Waals surface area contributed by atoms with Crippen LogP contribution in [0.25, 0.3) is 11.2 Å². The van der Waals surface area contributed by atoms with Gasteiger partial charge in [-0.25, -0.2) is 4.98 Å². The van der Waals surface area contributed by atoms with Crippen LogP contribution in [0.15, 0.2) is 6.33 Å². The molecule has 0 amide bonds. The molecule has 2 aliphatic heterocycles. The first-order chi connectivity index (χ1) is 10.8. The monoisotopic (exact) mass is 303 g/mol. The zero-order valence-corrected chi connectivity index (χ0v) is 12.5. The lowest BCUT2D eigenvalue weighted by atomic mass is 10.0. The smallest absolute Gasteiger partial charge is 0.229 e. The molecule has 2 saturated heterocycles. The molecule has 0 unspecified atom stereocenters. The SMILES string of the molecule is Nc1nc(N2CCC(N3CCOCC3)CC2)nc2nc[nH]c12. The van der Waals surface area contributed by atoms with Gasteiger partial charge in [-0.05, 0) is 12.8 Å². The number of piperidine rings is 1. The predicted molar refractivity (Wildman–Crippen MR) is 83.7 cm³/mol. The molecule has 0 aliphatic carbocycles. The van der Waals surface area contributed by atoms with Crippen LogP contribution in [0.5, 0.6) is 0 Å². The van der Waals surface area contributed by atoms with Crippen molar-refractivity contribution in [2.24, 2.45) is 0 Å². The molecule has 8 nitrogen and oxygen atoms in total. The minimum absolute atomic E-state index is 0.466. The van der Waals surface area contributed by atoms with Gasteiger partial charge in [0.1, 0.15) is 5.52 Å². The summed E-state index contributed by atoms with van der Waals surface area (Å²) in [5, 5.41) is 0. The highest BCUT2D eigenvalue weighted by Gasteiger charge is 2.27. The van der Waals surface area contributed by atoms with Crippen LogP contribution in [0.1, 0.15) is 12.8 Å². The van der Waals surface area contributed by atoms with E-state index >= 15 is 0 Å². The first kappa shape index (κ1) is 13.7. The zero-order chi connectivity index (χ0) is 14.9. The lowest BCUT2D eigenvalue weighted by molar-refractivity contribution is 0.0114. The fraction of sp³-hybridized carbons (Fsp3) is 0.643. The van der Waals surface area contributed by atoms with Gasteiger partial charge < -0.3 is 20.4 Å². The highest BCUT2D eigenvalue weighted by molar-refractivity contribution is 5.82. The Bertz CT molecular complexity index is 644. The number of hydrogen-bond donors (Lipinski definition) is 2. The number of nitrogen functional groups attached to an aromatic ring is 1. The molecule has 2 aromatic rings. The Morgan fingerprint density at radius 3 is 2.68 bits per heavy atom. The van der Waals surface area contributed by atoms with Crippen LogP contribution < -0.4 is 10.6 Å². The Morgan fingerprint density at radius 2 is 1.91 bits per heavy atom. The van der Waals surface area contributed by atoms with Gasteiger partial charge in [0.15, 0.2) is 11.5 Å². The molecule has 2 aromatic heterocycles. The number of ether oxygens (including phenoxy) is 1. The summed E-state index contributed by atoms with van der Waals surface area (Å²) in [6, 6.07) is 0.645. The minimum atomic E-state index is 0.466. The van der Waals surface area contributed by atoms with Crippen molar-refractivity contribution in [2.45, 2.75) is 18.9 Å². The molecule has 4 heterocycles. The molecule has 0 saturated carbocycles. The molecule has 8 heteroatoms. The summed E-state index contributed by atoms with van der Waals surface area (Å²) in [7, 11) is 0. The topological polar surface area (TPSA) is 96.2 Å². The van der Waals surface area contributed by atoms with Crippen LogP contribution in [0.2, 0.25) is 0 Å². The molecule has 3 N–H and O–H groups in total. The van der Waals surface area contributed by atoms with Crippen LogP contribution in [0.4, 0.5) is 11.8 Å². The summed E-state index contributed by atoms with van der Waals surface area (Å²) in [6.45, 7) is 5.72. The fourth-order valence-electron chi connectivity index (χ4n) is 3.36. The van der Waals surface area contributed by atoms with E-state index in [9.17, 15) is 0 Å². The van der Waals surface area contributed by atoms with E-state index in [-0.39, 0.29) is 0 Å². The van der Waals surface area contributed by atoms with Crippen LogP contribution in [0, 0.1) is 0 Å². The second kappa shape index (κ2) is 5.69. The van der Waals surface area contributed by atoms with Crippen molar-refractivity contribution in [1.29, 1.82) is 0 Å². The molecule has 118 valence electrons. The summed E-state index contributed by atoms with van der Waals surface area (Å²) in [5.74, 6) is 1.16. The highest BCUT2D eigenvalue weighted by Crippen LogP contribution is 2.23. The number of anilines is 2. The molecule has 0 radical (unpaired) electrons. The normalized spacial score (nSPS) is 21.5. The Hall–Kier alpha value is -1.93. The molecule has 0 atom stereocenters. The van der Waals surface area contributed by atoms with Gasteiger partial charge in [-0.3, -0.25) is 4.90 Å². The summed E-state index contributed by atoms with van der Waals surface area (Å²) in [4.78, 5) is 20.9. The van der Waals surface area contributed by atoms with E-state index in [0.29, 0.717) is 29.0 Å². The quantitative estimate of drug-likeness (QED) is 0.820. The second-order valence-corrected chi connectivity index (χ2v) is 5.88. The van der Waals surface area contributed by atoms with Crippen molar-refractivity contribution >= 4 is 22.9 Å². The summed E-state index contributed by atoms with van der Waals surface area (Å²) < 4.78 is 5.43. The molecule has 2 aliphatic rings. The van der Waals surface area contributed by atoms with Gasteiger partial charge in [0.25, 0.3) is 0 Å². The molecule has 0 spiro atoms. The molecule has 2 fully saturated rings. The van der Waals surface area contributed by atoms with Gasteiger partial charge in [0.05, 0.1) is 19.5 Å². The number of nitrogens with two attached hydrogens (primary N) is 1. The van der Waals surface area contributed by atoms with Crippen molar-refractivity contribution in [3.05, 3.63) is 6.33 Å². The van der Waals surface area contributed by atoms with E-state index in [2.05, 4.69) is 29.7 Å². The van der Waals surface area contributed by atoms with Gasteiger partial charge in [0.2, 0.25) is 5.95 Å². The molecule has 0 bridgehead atoms. The van der Waals surface area contributed by atoms with Crippen molar-refractivity contribution in [2.75, 3.05) is 50.0 Å². The first-order valence-electron chi connectivity index (χ1n) is 7.84. The van der Waals surface area contributed by atoms with Crippen LogP contribution >= 0.6 is 0 Å². The van der Waals surface area contributed by atoms with Crippen molar-refractivity contribution < 1.29 is 4.74 Å². The number of aromatic nitrogens is 4. The van der Waals surface area contributed by atoms with Gasteiger partial charge in [0, 0.05) is 32.2 Å². The van der Waals surface area contributed by atoms with Crippen LogP contribution in [0.3, 0.4) is 0 Å². The van der Waals surface area contributed by atoms with Crippen LogP contribution in [-0.4, -0.2) is 70.3 Å². The third-order valence-corrected chi connectivity index (χ3v) is 4.61. The highest BCUT2D eigenvalue weighted by atomic mass is 16.5. The lowest BCUT2D eigenvalue weighted by Gasteiger charge is -2.40. The van der Waals surface area contributed by atoms with Crippen molar-refractivity contribution in [1.82, 2.24) is 24.8 Å².